The van der Waals surface area contributed by atoms with Crippen molar-refractivity contribution in [3.63, 3.8) is 0 Å². The first-order valence-electron chi connectivity index (χ1n) is 5.30. The fourth-order valence-corrected chi connectivity index (χ4v) is 1.51. The molecule has 0 radical (unpaired) electrons. The van der Waals surface area contributed by atoms with E-state index in [2.05, 4.69) is 20.8 Å². The van der Waals surface area contributed by atoms with Crippen LogP contribution in [0.1, 0.15) is 44.7 Å². The van der Waals surface area contributed by atoms with Crippen LogP contribution in [0.3, 0.4) is 0 Å². The molecule has 2 nitrogen and oxygen atoms in total. The Bertz CT molecular complexity index is 337. The molecule has 0 aliphatic heterocycles. The summed E-state index contributed by atoms with van der Waals surface area (Å²) < 4.78 is 0. The van der Waals surface area contributed by atoms with Gasteiger partial charge >= 0.3 is 0 Å². The molecule has 0 spiro atoms. The molecule has 1 rings (SSSR count). The number of hydrogen-bond donors (Lipinski definition) is 2. The van der Waals surface area contributed by atoms with E-state index in [0.29, 0.717) is 0 Å². The van der Waals surface area contributed by atoms with Gasteiger partial charge in [0.05, 0.1) is 0 Å². The molecule has 0 heterocycles. The molecular weight excluding hydrogens is 188 g/mol. The zero-order chi connectivity index (χ0) is 11.6. The average Bonchev–Trinajstić information content (AvgIpc) is 2.15. The third kappa shape index (κ3) is 2.72. The van der Waals surface area contributed by atoms with E-state index in [1.165, 1.54) is 5.56 Å². The van der Waals surface area contributed by atoms with E-state index in [1.807, 2.05) is 19.1 Å². The minimum atomic E-state index is -0.0210. The van der Waals surface area contributed by atoms with E-state index in [9.17, 15) is 5.11 Å². The fraction of sp³-hybridized carbons (Fsp3) is 0.538. The van der Waals surface area contributed by atoms with Crippen molar-refractivity contribution in [2.24, 2.45) is 0 Å². The lowest BCUT2D eigenvalue weighted by Crippen LogP contribution is -2.12. The Morgan fingerprint density at radius 2 is 1.87 bits per heavy atom. The molecule has 1 aromatic carbocycles. The van der Waals surface area contributed by atoms with Crippen LogP contribution >= 0.6 is 0 Å². The highest BCUT2D eigenvalue weighted by Crippen LogP contribution is 2.31. The van der Waals surface area contributed by atoms with Crippen LogP contribution in [0.2, 0.25) is 0 Å². The summed E-state index contributed by atoms with van der Waals surface area (Å²) in [5.41, 5.74) is 2.07. The Kier molecular flexibility index (Phi) is 3.40. The van der Waals surface area contributed by atoms with Gasteiger partial charge in [-0.2, -0.15) is 0 Å². The second-order valence-corrected chi connectivity index (χ2v) is 5.11. The van der Waals surface area contributed by atoms with Crippen molar-refractivity contribution >= 4 is 0 Å². The number of aliphatic hydroxyl groups excluding tert-OH is 1. The molecule has 0 saturated carbocycles. The Morgan fingerprint density at radius 3 is 2.33 bits per heavy atom. The molecule has 0 aliphatic carbocycles. The molecule has 0 bridgehead atoms. The van der Waals surface area contributed by atoms with Gasteiger partial charge in [-0.05, 0) is 22.6 Å². The van der Waals surface area contributed by atoms with Gasteiger partial charge in [0, 0.05) is 12.5 Å². The van der Waals surface area contributed by atoms with Crippen molar-refractivity contribution in [2.45, 2.75) is 39.0 Å². The number of aromatic hydroxyl groups is 1. The predicted octanol–water partition coefficient (Wildman–Crippen LogP) is 2.79. The molecule has 0 aromatic heterocycles. The Labute approximate surface area is 91.6 Å². The van der Waals surface area contributed by atoms with Crippen molar-refractivity contribution in [3.05, 3.63) is 29.3 Å². The summed E-state index contributed by atoms with van der Waals surface area (Å²) in [6.45, 7) is 8.36. The van der Waals surface area contributed by atoms with E-state index < -0.39 is 0 Å². The first-order chi connectivity index (χ1) is 6.86. The highest BCUT2D eigenvalue weighted by atomic mass is 16.3. The molecule has 0 aliphatic rings. The Hall–Kier alpha value is -1.02. The molecule has 1 atom stereocenters. The number of rotatable bonds is 2. The van der Waals surface area contributed by atoms with E-state index in [1.54, 1.807) is 6.07 Å². The summed E-state index contributed by atoms with van der Waals surface area (Å²) >= 11 is 0. The van der Waals surface area contributed by atoms with Crippen LogP contribution in [-0.4, -0.2) is 16.8 Å². The smallest absolute Gasteiger partial charge is 0.119 e. The Morgan fingerprint density at radius 1 is 1.27 bits per heavy atom. The quantitative estimate of drug-likeness (QED) is 0.784. The molecule has 84 valence electrons. The summed E-state index contributed by atoms with van der Waals surface area (Å²) in [5, 5.41) is 18.8. The standard InChI is InChI=1S/C13H20O2/c1-9(8-14)11-7-10(13(2,3)4)5-6-12(11)15/h5-7,9,14-15H,8H2,1-4H3. The fourth-order valence-electron chi connectivity index (χ4n) is 1.51. The van der Waals surface area contributed by atoms with Crippen LogP contribution in [0, 0.1) is 0 Å². The molecular formula is C13H20O2. The van der Waals surface area contributed by atoms with Gasteiger partial charge in [-0.3, -0.25) is 0 Å². The second-order valence-electron chi connectivity index (χ2n) is 5.11. The lowest BCUT2D eigenvalue weighted by atomic mass is 9.84. The van der Waals surface area contributed by atoms with Gasteiger partial charge in [-0.1, -0.05) is 39.8 Å². The van der Waals surface area contributed by atoms with E-state index in [4.69, 9.17) is 5.11 Å². The average molecular weight is 208 g/mol. The topological polar surface area (TPSA) is 40.5 Å². The number of phenols is 1. The summed E-state index contributed by atoms with van der Waals surface area (Å²) in [4.78, 5) is 0. The van der Waals surface area contributed by atoms with Gasteiger partial charge in [0.1, 0.15) is 5.75 Å². The summed E-state index contributed by atoms with van der Waals surface area (Å²) in [6.07, 6.45) is 0. The maximum absolute atomic E-state index is 9.69. The lowest BCUT2D eigenvalue weighted by molar-refractivity contribution is 0.270. The molecule has 2 heteroatoms. The monoisotopic (exact) mass is 208 g/mol. The molecule has 0 fully saturated rings. The SMILES string of the molecule is CC(CO)c1cc(C(C)(C)C)ccc1O. The summed E-state index contributed by atoms with van der Waals surface area (Å²) in [7, 11) is 0. The normalized spacial score (nSPS) is 13.9. The minimum Gasteiger partial charge on any atom is -0.508 e. The van der Waals surface area contributed by atoms with Crippen LogP contribution in [-0.2, 0) is 5.41 Å². The van der Waals surface area contributed by atoms with Crippen LogP contribution in [0.15, 0.2) is 18.2 Å². The van der Waals surface area contributed by atoms with Crippen molar-refractivity contribution in [1.82, 2.24) is 0 Å². The molecule has 0 saturated heterocycles. The minimum absolute atomic E-state index is 0.0210. The number of hydrogen-bond acceptors (Lipinski definition) is 2. The molecule has 15 heavy (non-hydrogen) atoms. The molecule has 0 amide bonds. The predicted molar refractivity (Wildman–Crippen MR) is 62.3 cm³/mol. The first-order valence-corrected chi connectivity index (χ1v) is 5.30. The zero-order valence-electron chi connectivity index (χ0n) is 9.91. The van der Waals surface area contributed by atoms with E-state index in [0.717, 1.165) is 5.56 Å². The van der Waals surface area contributed by atoms with Gasteiger partial charge in [-0.25, -0.2) is 0 Å². The number of phenolic OH excluding ortho intramolecular Hbond substituents is 1. The summed E-state index contributed by atoms with van der Waals surface area (Å²) in [6, 6.07) is 5.63. The molecule has 2 N–H and O–H groups in total. The largest absolute Gasteiger partial charge is 0.508 e. The maximum atomic E-state index is 9.69. The molecule has 1 aromatic rings. The van der Waals surface area contributed by atoms with Gasteiger partial charge < -0.3 is 10.2 Å². The van der Waals surface area contributed by atoms with Gasteiger partial charge in [0.25, 0.3) is 0 Å². The van der Waals surface area contributed by atoms with Crippen molar-refractivity contribution in [3.8, 4) is 5.75 Å². The Balaban J connectivity index is 3.17. The van der Waals surface area contributed by atoms with Crippen molar-refractivity contribution < 1.29 is 10.2 Å². The van der Waals surface area contributed by atoms with E-state index >= 15 is 0 Å². The van der Waals surface area contributed by atoms with Gasteiger partial charge in [-0.15, -0.1) is 0 Å². The third-order valence-electron chi connectivity index (χ3n) is 2.70. The van der Waals surface area contributed by atoms with Crippen molar-refractivity contribution in [2.75, 3.05) is 6.61 Å². The third-order valence-corrected chi connectivity index (χ3v) is 2.70. The lowest BCUT2D eigenvalue weighted by Gasteiger charge is -2.21. The number of aliphatic hydroxyl groups is 1. The van der Waals surface area contributed by atoms with Crippen LogP contribution < -0.4 is 0 Å². The van der Waals surface area contributed by atoms with Crippen LogP contribution in [0.4, 0.5) is 0 Å². The highest BCUT2D eigenvalue weighted by molar-refractivity contribution is 5.40. The van der Waals surface area contributed by atoms with E-state index in [-0.39, 0.29) is 23.7 Å². The van der Waals surface area contributed by atoms with Gasteiger partial charge in [0.2, 0.25) is 0 Å². The highest BCUT2D eigenvalue weighted by Gasteiger charge is 2.17. The van der Waals surface area contributed by atoms with Crippen molar-refractivity contribution in [1.29, 1.82) is 0 Å². The summed E-state index contributed by atoms with van der Waals surface area (Å²) in [5.74, 6) is 0.247. The van der Waals surface area contributed by atoms with Gasteiger partial charge in [0.15, 0.2) is 0 Å². The first kappa shape index (κ1) is 12.1. The second kappa shape index (κ2) is 4.23. The molecule has 1 unspecified atom stereocenters. The zero-order valence-corrected chi connectivity index (χ0v) is 9.91. The number of benzene rings is 1. The van der Waals surface area contributed by atoms with Crippen LogP contribution in [0.25, 0.3) is 0 Å². The van der Waals surface area contributed by atoms with Crippen LogP contribution in [0.5, 0.6) is 5.75 Å². The maximum Gasteiger partial charge on any atom is 0.119 e.